The van der Waals surface area contributed by atoms with Crippen molar-refractivity contribution in [2.24, 2.45) is 5.73 Å². The Bertz CT molecular complexity index is 357. The highest BCUT2D eigenvalue weighted by atomic mass is 16.2. The second-order valence-electron chi connectivity index (χ2n) is 7.03. The zero-order chi connectivity index (χ0) is 16.0. The molecule has 0 radical (unpaired) electrons. The molecule has 0 bridgehead atoms. The number of carbonyl (C=O) groups is 2. The molecule has 122 valence electrons. The molecule has 1 aliphatic rings. The van der Waals surface area contributed by atoms with Gasteiger partial charge in [0.25, 0.3) is 0 Å². The van der Waals surface area contributed by atoms with Crippen LogP contribution in [0.3, 0.4) is 0 Å². The number of rotatable bonds is 6. The Balaban J connectivity index is 2.39. The van der Waals surface area contributed by atoms with Crippen molar-refractivity contribution in [2.45, 2.75) is 70.4 Å². The maximum Gasteiger partial charge on any atom is 0.242 e. The zero-order valence-electron chi connectivity index (χ0n) is 14.0. The van der Waals surface area contributed by atoms with Crippen LogP contribution in [0, 0.1) is 0 Å². The third-order valence-corrected chi connectivity index (χ3v) is 4.30. The van der Waals surface area contributed by atoms with E-state index < -0.39 is 0 Å². The topological polar surface area (TPSA) is 66.6 Å². The summed E-state index contributed by atoms with van der Waals surface area (Å²) in [5.74, 6) is 0.0173. The van der Waals surface area contributed by atoms with Crippen molar-refractivity contribution >= 4 is 11.8 Å². The van der Waals surface area contributed by atoms with Gasteiger partial charge >= 0.3 is 0 Å². The van der Waals surface area contributed by atoms with Crippen molar-refractivity contribution in [1.29, 1.82) is 0 Å². The smallest absolute Gasteiger partial charge is 0.242 e. The molecule has 1 aliphatic carbocycles. The lowest BCUT2D eigenvalue weighted by atomic mass is 9.94. The Hall–Kier alpha value is -1.10. The largest absolute Gasteiger partial charge is 0.341 e. The second-order valence-corrected chi connectivity index (χ2v) is 7.03. The monoisotopic (exact) mass is 297 g/mol. The van der Waals surface area contributed by atoms with E-state index in [0.29, 0.717) is 18.9 Å². The minimum absolute atomic E-state index is 0.0149. The van der Waals surface area contributed by atoms with Crippen molar-refractivity contribution in [3.8, 4) is 0 Å². The van der Waals surface area contributed by atoms with Crippen LogP contribution >= 0.6 is 0 Å². The molecule has 0 saturated heterocycles. The summed E-state index contributed by atoms with van der Waals surface area (Å²) < 4.78 is 0. The maximum absolute atomic E-state index is 12.3. The molecule has 0 aliphatic heterocycles. The van der Waals surface area contributed by atoms with Gasteiger partial charge in [-0.3, -0.25) is 9.59 Å². The normalized spacial score (nSPS) is 16.6. The molecule has 0 atom stereocenters. The Morgan fingerprint density at radius 2 is 1.67 bits per heavy atom. The van der Waals surface area contributed by atoms with Gasteiger partial charge in [0.15, 0.2) is 0 Å². The fourth-order valence-corrected chi connectivity index (χ4v) is 2.69. The molecule has 2 N–H and O–H groups in total. The summed E-state index contributed by atoms with van der Waals surface area (Å²) in [6, 6.07) is 0.345. The number of carbonyl (C=O) groups excluding carboxylic acids is 2. The predicted molar refractivity (Wildman–Crippen MR) is 84.8 cm³/mol. The highest BCUT2D eigenvalue weighted by Gasteiger charge is 2.24. The molecular weight excluding hydrogens is 266 g/mol. The summed E-state index contributed by atoms with van der Waals surface area (Å²) in [7, 11) is 3.55. The predicted octanol–water partition coefficient (Wildman–Crippen LogP) is 1.75. The fraction of sp³-hybridized carbons (Fsp3) is 0.875. The van der Waals surface area contributed by atoms with Gasteiger partial charge in [0.2, 0.25) is 11.8 Å². The summed E-state index contributed by atoms with van der Waals surface area (Å²) >= 11 is 0. The number of nitrogens with zero attached hydrogens (tertiary/aromatic N) is 2. The van der Waals surface area contributed by atoms with Gasteiger partial charge in [0.1, 0.15) is 0 Å². The number of hydrogen-bond donors (Lipinski definition) is 1. The van der Waals surface area contributed by atoms with E-state index in [1.54, 1.807) is 7.05 Å². The Kier molecular flexibility index (Phi) is 6.65. The van der Waals surface area contributed by atoms with Crippen molar-refractivity contribution in [1.82, 2.24) is 9.80 Å². The van der Waals surface area contributed by atoms with Crippen molar-refractivity contribution in [2.75, 3.05) is 20.6 Å². The molecule has 5 heteroatoms. The Morgan fingerprint density at radius 3 is 2.19 bits per heavy atom. The molecule has 0 aromatic carbocycles. The lowest BCUT2D eigenvalue weighted by molar-refractivity contribution is -0.140. The van der Waals surface area contributed by atoms with Gasteiger partial charge in [-0.05, 0) is 33.1 Å². The highest BCUT2D eigenvalue weighted by molar-refractivity contribution is 5.84. The summed E-state index contributed by atoms with van der Waals surface area (Å²) in [5.41, 5.74) is 5.54. The van der Waals surface area contributed by atoms with Gasteiger partial charge in [-0.2, -0.15) is 0 Å². The lowest BCUT2D eigenvalue weighted by Crippen LogP contribution is -2.45. The minimum Gasteiger partial charge on any atom is -0.341 e. The quantitative estimate of drug-likeness (QED) is 0.812. The number of hydrogen-bond acceptors (Lipinski definition) is 3. The molecule has 0 aromatic rings. The Labute approximate surface area is 128 Å². The second kappa shape index (κ2) is 7.78. The molecule has 1 saturated carbocycles. The molecule has 0 spiro atoms. The van der Waals surface area contributed by atoms with E-state index in [-0.39, 0.29) is 23.9 Å². The standard InChI is InChI=1S/C16H31N3O2/c1-16(2,17)11-10-14(20)18(3)12-15(21)19(4)13-8-6-5-7-9-13/h13H,5-12,17H2,1-4H3. The first kappa shape index (κ1) is 18.0. The van der Waals surface area contributed by atoms with Crippen LogP contribution in [0.1, 0.15) is 58.8 Å². The first-order valence-electron chi connectivity index (χ1n) is 7.99. The number of likely N-dealkylation sites (N-methyl/N-ethyl adjacent to an activating group) is 2. The molecule has 0 aromatic heterocycles. The first-order valence-corrected chi connectivity index (χ1v) is 7.99. The van der Waals surface area contributed by atoms with Gasteiger partial charge in [-0.25, -0.2) is 0 Å². The Morgan fingerprint density at radius 1 is 1.10 bits per heavy atom. The lowest BCUT2D eigenvalue weighted by Gasteiger charge is -2.32. The van der Waals surface area contributed by atoms with Crippen molar-refractivity contribution in [3.63, 3.8) is 0 Å². The molecule has 2 amide bonds. The van der Waals surface area contributed by atoms with E-state index in [9.17, 15) is 9.59 Å². The first-order chi connectivity index (χ1) is 9.70. The summed E-state index contributed by atoms with van der Waals surface area (Å²) in [4.78, 5) is 27.6. The minimum atomic E-state index is -0.348. The molecule has 0 unspecified atom stereocenters. The number of nitrogens with two attached hydrogens (primary N) is 1. The highest BCUT2D eigenvalue weighted by Crippen LogP contribution is 2.21. The van der Waals surface area contributed by atoms with Gasteiger partial charge in [-0.15, -0.1) is 0 Å². The zero-order valence-corrected chi connectivity index (χ0v) is 14.0. The fourth-order valence-electron chi connectivity index (χ4n) is 2.69. The van der Waals surface area contributed by atoms with Crippen molar-refractivity contribution < 1.29 is 9.59 Å². The van der Waals surface area contributed by atoms with Crippen LogP contribution in [-0.4, -0.2) is 53.8 Å². The van der Waals surface area contributed by atoms with Gasteiger partial charge < -0.3 is 15.5 Å². The van der Waals surface area contributed by atoms with Gasteiger partial charge in [-0.1, -0.05) is 19.3 Å². The average Bonchev–Trinajstić information content (AvgIpc) is 2.43. The van der Waals surface area contributed by atoms with Gasteiger partial charge in [0, 0.05) is 32.1 Å². The summed E-state index contributed by atoms with van der Waals surface area (Å²) in [6.07, 6.45) is 6.85. The van der Waals surface area contributed by atoms with Crippen LogP contribution < -0.4 is 5.73 Å². The summed E-state index contributed by atoms with van der Waals surface area (Å²) in [6.45, 7) is 3.97. The molecule has 0 heterocycles. The third-order valence-electron chi connectivity index (χ3n) is 4.30. The molecule has 21 heavy (non-hydrogen) atoms. The van der Waals surface area contributed by atoms with E-state index >= 15 is 0 Å². The van der Waals surface area contributed by atoms with Gasteiger partial charge in [0.05, 0.1) is 6.54 Å². The van der Waals surface area contributed by atoms with E-state index in [2.05, 4.69) is 0 Å². The molecule has 5 nitrogen and oxygen atoms in total. The van der Waals surface area contributed by atoms with Crippen LogP contribution in [0.5, 0.6) is 0 Å². The van der Waals surface area contributed by atoms with E-state index in [4.69, 9.17) is 5.73 Å². The van der Waals surface area contributed by atoms with Crippen LogP contribution in [0.15, 0.2) is 0 Å². The third kappa shape index (κ3) is 6.46. The molecular formula is C16H31N3O2. The number of amides is 2. The van der Waals surface area contributed by atoms with Crippen LogP contribution in [0.4, 0.5) is 0 Å². The van der Waals surface area contributed by atoms with Crippen LogP contribution in [-0.2, 0) is 9.59 Å². The maximum atomic E-state index is 12.3. The van der Waals surface area contributed by atoms with E-state index in [1.165, 1.54) is 24.2 Å². The van der Waals surface area contributed by atoms with E-state index in [0.717, 1.165) is 12.8 Å². The average molecular weight is 297 g/mol. The molecule has 1 rings (SSSR count). The SMILES string of the molecule is CN(CC(=O)N(C)C1CCCCC1)C(=O)CCC(C)(C)N. The summed E-state index contributed by atoms with van der Waals surface area (Å²) in [5, 5.41) is 0. The molecule has 1 fully saturated rings. The van der Waals surface area contributed by atoms with Crippen molar-refractivity contribution in [3.05, 3.63) is 0 Å². The van der Waals surface area contributed by atoms with E-state index in [1.807, 2.05) is 25.8 Å². The van der Waals surface area contributed by atoms with Crippen LogP contribution in [0.25, 0.3) is 0 Å². The van der Waals surface area contributed by atoms with Crippen LogP contribution in [0.2, 0.25) is 0 Å².